The second-order valence-corrected chi connectivity index (χ2v) is 4.93. The molecule has 0 aliphatic heterocycles. The van der Waals surface area contributed by atoms with Crippen LogP contribution in [-0.2, 0) is 0 Å². The van der Waals surface area contributed by atoms with Gasteiger partial charge < -0.3 is 10.1 Å². The van der Waals surface area contributed by atoms with Gasteiger partial charge in [-0.25, -0.2) is 9.89 Å². The van der Waals surface area contributed by atoms with E-state index in [-0.39, 0.29) is 11.9 Å². The second-order valence-electron chi connectivity index (χ2n) is 4.93. The summed E-state index contributed by atoms with van der Waals surface area (Å²) < 4.78 is 5.76. The molecule has 112 valence electrons. The van der Waals surface area contributed by atoms with Crippen molar-refractivity contribution in [2.75, 3.05) is 6.61 Å². The van der Waals surface area contributed by atoms with E-state index in [0.717, 1.165) is 16.9 Å². The zero-order valence-corrected chi connectivity index (χ0v) is 12.2. The first kappa shape index (κ1) is 14.8. The number of nitrogens with zero attached hydrogens (tertiary/aromatic N) is 1. The standard InChI is InChI=1S/C14H18N4O3/c1-8-5-4-6-9(2)11(8)21-7-10(3)15-13(19)12-16-14(20)18-17-12/h4-6,10H,7H2,1-3H3,(H,15,19)(H2,16,17,18,20)/t10-/m0/s1. The van der Waals surface area contributed by atoms with Gasteiger partial charge in [0.1, 0.15) is 12.4 Å². The number of aromatic nitrogens is 3. The summed E-state index contributed by atoms with van der Waals surface area (Å²) in [6.07, 6.45) is 0. The smallest absolute Gasteiger partial charge is 0.341 e. The number of aryl methyl sites for hydroxylation is 2. The summed E-state index contributed by atoms with van der Waals surface area (Å²) in [5.41, 5.74) is 1.58. The van der Waals surface area contributed by atoms with Crippen molar-refractivity contribution in [1.29, 1.82) is 0 Å². The fourth-order valence-corrected chi connectivity index (χ4v) is 1.95. The molecule has 0 aliphatic rings. The van der Waals surface area contributed by atoms with Crippen LogP contribution in [0.25, 0.3) is 0 Å². The van der Waals surface area contributed by atoms with Crippen LogP contribution >= 0.6 is 0 Å². The maximum atomic E-state index is 11.8. The number of carbonyl (C=O) groups is 1. The second kappa shape index (κ2) is 6.25. The molecule has 0 bridgehead atoms. The van der Waals surface area contributed by atoms with Crippen LogP contribution in [0.5, 0.6) is 5.75 Å². The minimum absolute atomic E-state index is 0.0427. The summed E-state index contributed by atoms with van der Waals surface area (Å²) in [5, 5.41) is 8.41. The molecule has 2 aromatic rings. The van der Waals surface area contributed by atoms with E-state index < -0.39 is 11.6 Å². The Labute approximate surface area is 121 Å². The van der Waals surface area contributed by atoms with Crippen molar-refractivity contribution >= 4 is 5.91 Å². The van der Waals surface area contributed by atoms with Crippen molar-refractivity contribution in [3.63, 3.8) is 0 Å². The van der Waals surface area contributed by atoms with Crippen molar-refractivity contribution in [3.05, 3.63) is 45.6 Å². The Morgan fingerprint density at radius 3 is 2.62 bits per heavy atom. The van der Waals surface area contributed by atoms with E-state index in [1.807, 2.05) is 39.0 Å². The maximum absolute atomic E-state index is 11.8. The van der Waals surface area contributed by atoms with Gasteiger partial charge in [-0.2, -0.15) is 0 Å². The number of nitrogens with one attached hydrogen (secondary N) is 3. The van der Waals surface area contributed by atoms with Crippen LogP contribution < -0.4 is 15.7 Å². The van der Waals surface area contributed by atoms with E-state index in [4.69, 9.17) is 4.74 Å². The SMILES string of the molecule is Cc1cccc(C)c1OC[C@H](C)NC(=O)c1n[nH]c(=O)[nH]1. The van der Waals surface area contributed by atoms with Crippen LogP contribution in [0.3, 0.4) is 0 Å². The number of ether oxygens (including phenoxy) is 1. The van der Waals surface area contributed by atoms with Crippen LogP contribution in [-0.4, -0.2) is 33.7 Å². The highest BCUT2D eigenvalue weighted by Gasteiger charge is 2.14. The lowest BCUT2D eigenvalue weighted by molar-refractivity contribution is 0.0916. The molecule has 1 aromatic heterocycles. The summed E-state index contributed by atoms with van der Waals surface area (Å²) >= 11 is 0. The Kier molecular flexibility index (Phi) is 4.42. The molecule has 0 saturated heterocycles. The summed E-state index contributed by atoms with van der Waals surface area (Å²) in [6, 6.07) is 5.69. The van der Waals surface area contributed by atoms with E-state index in [9.17, 15) is 9.59 Å². The molecule has 0 saturated carbocycles. The number of aromatic amines is 2. The van der Waals surface area contributed by atoms with E-state index >= 15 is 0 Å². The Morgan fingerprint density at radius 1 is 1.38 bits per heavy atom. The topological polar surface area (TPSA) is 99.9 Å². The van der Waals surface area contributed by atoms with Crippen LogP contribution in [0.4, 0.5) is 0 Å². The molecule has 21 heavy (non-hydrogen) atoms. The van der Waals surface area contributed by atoms with Gasteiger partial charge in [0.15, 0.2) is 0 Å². The van der Waals surface area contributed by atoms with Gasteiger partial charge in [-0.3, -0.25) is 9.78 Å². The summed E-state index contributed by atoms with van der Waals surface area (Å²) in [4.78, 5) is 25.0. The van der Waals surface area contributed by atoms with Crippen LogP contribution in [0.2, 0.25) is 0 Å². The minimum Gasteiger partial charge on any atom is -0.491 e. The van der Waals surface area contributed by atoms with Gasteiger partial charge in [-0.1, -0.05) is 18.2 Å². The average molecular weight is 290 g/mol. The summed E-state index contributed by atoms with van der Waals surface area (Å²) in [7, 11) is 0. The molecule has 1 aromatic carbocycles. The molecule has 0 unspecified atom stereocenters. The van der Waals surface area contributed by atoms with E-state index in [2.05, 4.69) is 20.5 Å². The maximum Gasteiger partial charge on any atom is 0.341 e. The molecular weight excluding hydrogens is 272 g/mol. The van der Waals surface area contributed by atoms with Gasteiger partial charge in [-0.05, 0) is 31.9 Å². The molecule has 7 heteroatoms. The highest BCUT2D eigenvalue weighted by Crippen LogP contribution is 2.22. The van der Waals surface area contributed by atoms with Gasteiger partial charge in [0.25, 0.3) is 5.91 Å². The minimum atomic E-state index is -0.514. The number of para-hydroxylation sites is 1. The first-order chi connectivity index (χ1) is 9.97. The van der Waals surface area contributed by atoms with Crippen molar-refractivity contribution in [2.24, 2.45) is 0 Å². The highest BCUT2D eigenvalue weighted by atomic mass is 16.5. The van der Waals surface area contributed by atoms with E-state index in [1.54, 1.807) is 0 Å². The summed E-state index contributed by atoms with van der Waals surface area (Å²) in [6.45, 7) is 6.09. The largest absolute Gasteiger partial charge is 0.491 e. The number of carbonyl (C=O) groups excluding carboxylic acids is 1. The number of hydrogen-bond donors (Lipinski definition) is 3. The molecule has 1 atom stereocenters. The number of amides is 1. The zero-order valence-electron chi connectivity index (χ0n) is 12.2. The van der Waals surface area contributed by atoms with Gasteiger partial charge in [0, 0.05) is 0 Å². The Bertz CT molecular complexity index is 669. The average Bonchev–Trinajstić information content (AvgIpc) is 2.85. The van der Waals surface area contributed by atoms with Crippen molar-refractivity contribution < 1.29 is 9.53 Å². The molecular formula is C14H18N4O3. The third-order valence-electron chi connectivity index (χ3n) is 2.98. The Morgan fingerprint density at radius 2 is 2.05 bits per heavy atom. The number of H-pyrrole nitrogens is 2. The molecule has 1 amide bonds. The third-order valence-corrected chi connectivity index (χ3v) is 2.98. The molecule has 3 N–H and O–H groups in total. The van der Waals surface area contributed by atoms with Crippen molar-refractivity contribution in [3.8, 4) is 5.75 Å². The van der Waals surface area contributed by atoms with E-state index in [1.165, 1.54) is 0 Å². The van der Waals surface area contributed by atoms with Crippen LogP contribution in [0, 0.1) is 13.8 Å². The molecule has 2 rings (SSSR count). The Balaban J connectivity index is 1.92. The number of benzene rings is 1. The van der Waals surface area contributed by atoms with Gasteiger partial charge in [0.05, 0.1) is 6.04 Å². The third kappa shape index (κ3) is 3.71. The van der Waals surface area contributed by atoms with Gasteiger partial charge >= 0.3 is 5.69 Å². The normalized spacial score (nSPS) is 12.0. The molecule has 0 fully saturated rings. The lowest BCUT2D eigenvalue weighted by Gasteiger charge is -2.16. The van der Waals surface area contributed by atoms with Crippen LogP contribution in [0.1, 0.15) is 28.7 Å². The monoisotopic (exact) mass is 290 g/mol. The number of hydrogen-bond acceptors (Lipinski definition) is 4. The first-order valence-corrected chi connectivity index (χ1v) is 6.62. The highest BCUT2D eigenvalue weighted by molar-refractivity contribution is 5.90. The fourth-order valence-electron chi connectivity index (χ4n) is 1.95. The predicted octanol–water partition coefficient (Wildman–Crippen LogP) is 0.912. The molecule has 1 heterocycles. The quantitative estimate of drug-likeness (QED) is 0.762. The molecule has 7 nitrogen and oxygen atoms in total. The fraction of sp³-hybridized carbons (Fsp3) is 0.357. The molecule has 0 radical (unpaired) electrons. The lowest BCUT2D eigenvalue weighted by atomic mass is 10.1. The van der Waals surface area contributed by atoms with Crippen molar-refractivity contribution in [1.82, 2.24) is 20.5 Å². The zero-order chi connectivity index (χ0) is 15.4. The van der Waals surface area contributed by atoms with Crippen molar-refractivity contribution in [2.45, 2.75) is 26.8 Å². The van der Waals surface area contributed by atoms with Gasteiger partial charge in [-0.15, -0.1) is 5.10 Å². The van der Waals surface area contributed by atoms with Crippen LogP contribution in [0.15, 0.2) is 23.0 Å². The number of rotatable bonds is 5. The first-order valence-electron chi connectivity index (χ1n) is 6.62. The predicted molar refractivity (Wildman–Crippen MR) is 77.5 cm³/mol. The van der Waals surface area contributed by atoms with E-state index in [0.29, 0.717) is 6.61 Å². The Hall–Kier alpha value is -2.57. The molecule has 0 spiro atoms. The van der Waals surface area contributed by atoms with Gasteiger partial charge in [0.2, 0.25) is 5.82 Å². The summed E-state index contributed by atoms with van der Waals surface area (Å²) in [5.74, 6) is 0.330. The lowest BCUT2D eigenvalue weighted by Crippen LogP contribution is -2.37. The molecule has 0 aliphatic carbocycles.